The molecule has 6 nitrogen and oxygen atoms in total. The van der Waals surface area contributed by atoms with Crippen LogP contribution in [-0.2, 0) is 16.4 Å². The largest absolute Gasteiger partial charge is 0.497 e. The Kier molecular flexibility index (Phi) is 5.53. The van der Waals surface area contributed by atoms with Crippen LogP contribution in [0.4, 0.5) is 5.69 Å². The van der Waals surface area contributed by atoms with Gasteiger partial charge in [0.05, 0.1) is 18.6 Å². The minimum Gasteiger partial charge on any atom is -0.497 e. The summed E-state index contributed by atoms with van der Waals surface area (Å²) in [6, 6.07) is 14.4. The maximum Gasteiger partial charge on any atom is 0.255 e. The molecule has 0 spiro atoms. The van der Waals surface area contributed by atoms with E-state index in [2.05, 4.69) is 10.6 Å². The number of amides is 1. The van der Waals surface area contributed by atoms with E-state index >= 15 is 0 Å². The van der Waals surface area contributed by atoms with E-state index in [0.717, 1.165) is 11.3 Å². The smallest absolute Gasteiger partial charge is 0.255 e. The van der Waals surface area contributed by atoms with Gasteiger partial charge in [0, 0.05) is 23.3 Å². The van der Waals surface area contributed by atoms with Crippen LogP contribution in [0.1, 0.15) is 29.3 Å². The summed E-state index contributed by atoms with van der Waals surface area (Å²) in [5.74, 6) is 0.950. The highest BCUT2D eigenvalue weighted by atomic mass is 32.2. The number of anilines is 1. The molecule has 2 N–H and O–H groups in total. The Hall–Kier alpha value is -2.38. The summed E-state index contributed by atoms with van der Waals surface area (Å²) in [6.45, 7) is 2.50. The van der Waals surface area contributed by atoms with E-state index in [9.17, 15) is 13.2 Å². The third kappa shape index (κ3) is 5.08. The standard InChI is InChI=1S/C20H24N2O4S/c1-20(11-12-27(24,25)14-20)21-13-15-3-5-16(6-4-15)19(23)22-17-7-9-18(26-2)10-8-17/h3-10,21H,11-14H2,1-2H3,(H,22,23)/t20-/m0/s1. The molecule has 0 radical (unpaired) electrons. The Bertz CT molecular complexity index is 908. The molecule has 0 bridgehead atoms. The zero-order chi connectivity index (χ0) is 19.5. The number of rotatable bonds is 6. The minimum absolute atomic E-state index is 0.169. The van der Waals surface area contributed by atoms with Gasteiger partial charge in [-0.25, -0.2) is 8.42 Å². The van der Waals surface area contributed by atoms with Crippen LogP contribution in [-0.4, -0.2) is 38.5 Å². The number of methoxy groups -OCH3 is 1. The lowest BCUT2D eigenvalue weighted by Crippen LogP contribution is -2.42. The first-order valence-electron chi connectivity index (χ1n) is 8.78. The molecule has 1 heterocycles. The van der Waals surface area contributed by atoms with Crippen molar-refractivity contribution in [1.29, 1.82) is 0 Å². The molecule has 1 aliphatic heterocycles. The Labute approximate surface area is 159 Å². The Morgan fingerprint density at radius 1 is 1.11 bits per heavy atom. The molecular weight excluding hydrogens is 364 g/mol. The van der Waals surface area contributed by atoms with Gasteiger partial charge in [-0.15, -0.1) is 0 Å². The molecule has 1 aliphatic rings. The Morgan fingerprint density at radius 3 is 2.33 bits per heavy atom. The fraction of sp³-hybridized carbons (Fsp3) is 0.350. The summed E-state index contributed by atoms with van der Waals surface area (Å²) < 4.78 is 28.4. The van der Waals surface area contributed by atoms with Crippen LogP contribution in [0.2, 0.25) is 0 Å². The molecule has 144 valence electrons. The first-order chi connectivity index (χ1) is 12.8. The molecule has 27 heavy (non-hydrogen) atoms. The van der Waals surface area contributed by atoms with Crippen LogP contribution >= 0.6 is 0 Å². The number of ether oxygens (including phenoxy) is 1. The second-order valence-electron chi connectivity index (χ2n) is 7.14. The van der Waals surface area contributed by atoms with Crippen molar-refractivity contribution in [2.45, 2.75) is 25.4 Å². The molecule has 1 atom stereocenters. The quantitative estimate of drug-likeness (QED) is 0.795. The summed E-state index contributed by atoms with van der Waals surface area (Å²) in [5.41, 5.74) is 1.87. The van der Waals surface area contributed by atoms with Crippen LogP contribution < -0.4 is 15.4 Å². The maximum absolute atomic E-state index is 12.3. The van der Waals surface area contributed by atoms with Gasteiger partial charge in [-0.2, -0.15) is 0 Å². The topological polar surface area (TPSA) is 84.5 Å². The number of benzene rings is 2. The normalized spacial score (nSPS) is 21.0. The molecule has 0 aromatic heterocycles. The molecule has 1 fully saturated rings. The van der Waals surface area contributed by atoms with E-state index in [-0.39, 0.29) is 23.0 Å². The van der Waals surface area contributed by atoms with Crippen LogP contribution in [0.5, 0.6) is 5.75 Å². The molecular formula is C20H24N2O4S. The summed E-state index contributed by atoms with van der Waals surface area (Å²) in [7, 11) is -1.34. The second-order valence-corrected chi connectivity index (χ2v) is 9.32. The highest BCUT2D eigenvalue weighted by Gasteiger charge is 2.37. The van der Waals surface area contributed by atoms with Gasteiger partial charge >= 0.3 is 0 Å². The first-order valence-corrected chi connectivity index (χ1v) is 10.6. The van der Waals surface area contributed by atoms with Gasteiger partial charge in [0.15, 0.2) is 9.84 Å². The van der Waals surface area contributed by atoms with Gasteiger partial charge in [-0.05, 0) is 55.3 Å². The summed E-state index contributed by atoms with van der Waals surface area (Å²) >= 11 is 0. The van der Waals surface area contributed by atoms with Crippen LogP contribution in [0, 0.1) is 0 Å². The van der Waals surface area contributed by atoms with E-state index in [4.69, 9.17) is 4.74 Å². The molecule has 3 rings (SSSR count). The molecule has 0 saturated carbocycles. The predicted octanol–water partition coefficient (Wildman–Crippen LogP) is 2.61. The second kappa shape index (κ2) is 7.70. The summed E-state index contributed by atoms with van der Waals surface area (Å²) in [5, 5.41) is 6.18. The van der Waals surface area contributed by atoms with Gasteiger partial charge in [0.1, 0.15) is 5.75 Å². The fourth-order valence-electron chi connectivity index (χ4n) is 3.12. The fourth-order valence-corrected chi connectivity index (χ4v) is 5.24. The lowest BCUT2D eigenvalue weighted by Gasteiger charge is -2.24. The highest BCUT2D eigenvalue weighted by molar-refractivity contribution is 7.91. The molecule has 2 aromatic rings. The average Bonchev–Trinajstić information content (AvgIpc) is 2.94. The number of carbonyl (C=O) groups is 1. The number of sulfone groups is 1. The average molecular weight is 388 g/mol. The first kappa shape index (κ1) is 19.4. The minimum atomic E-state index is -2.93. The molecule has 7 heteroatoms. The monoisotopic (exact) mass is 388 g/mol. The van der Waals surface area contributed by atoms with Gasteiger partial charge < -0.3 is 15.4 Å². The van der Waals surface area contributed by atoms with Crippen molar-refractivity contribution in [2.75, 3.05) is 23.9 Å². The van der Waals surface area contributed by atoms with E-state index in [1.54, 1.807) is 43.5 Å². The third-order valence-electron chi connectivity index (χ3n) is 4.79. The van der Waals surface area contributed by atoms with E-state index in [1.165, 1.54) is 0 Å². The van der Waals surface area contributed by atoms with Crippen molar-refractivity contribution in [1.82, 2.24) is 5.32 Å². The van der Waals surface area contributed by atoms with Crippen molar-refractivity contribution in [3.8, 4) is 5.75 Å². The van der Waals surface area contributed by atoms with Crippen molar-refractivity contribution < 1.29 is 17.9 Å². The number of hydrogen-bond acceptors (Lipinski definition) is 5. The lowest BCUT2D eigenvalue weighted by atomic mass is 10.0. The van der Waals surface area contributed by atoms with Crippen molar-refractivity contribution in [2.24, 2.45) is 0 Å². The SMILES string of the molecule is COc1ccc(NC(=O)c2ccc(CN[C@@]3(C)CCS(=O)(=O)C3)cc2)cc1. The van der Waals surface area contributed by atoms with Crippen molar-refractivity contribution >= 4 is 21.4 Å². The predicted molar refractivity (Wildman–Crippen MR) is 106 cm³/mol. The van der Waals surface area contributed by atoms with E-state index in [0.29, 0.717) is 24.2 Å². The number of carbonyl (C=O) groups excluding carboxylic acids is 1. The summed E-state index contributed by atoms with van der Waals surface area (Å²) in [4.78, 5) is 12.3. The molecule has 0 unspecified atom stereocenters. The molecule has 0 aliphatic carbocycles. The van der Waals surface area contributed by atoms with Crippen LogP contribution in [0.25, 0.3) is 0 Å². The number of hydrogen-bond donors (Lipinski definition) is 2. The number of nitrogens with one attached hydrogen (secondary N) is 2. The zero-order valence-electron chi connectivity index (χ0n) is 15.5. The van der Waals surface area contributed by atoms with E-state index < -0.39 is 9.84 Å². The summed E-state index contributed by atoms with van der Waals surface area (Å²) in [6.07, 6.45) is 0.623. The van der Waals surface area contributed by atoms with Gasteiger partial charge in [0.2, 0.25) is 0 Å². The molecule has 1 amide bonds. The van der Waals surface area contributed by atoms with Crippen LogP contribution in [0.15, 0.2) is 48.5 Å². The Balaban J connectivity index is 1.57. The van der Waals surface area contributed by atoms with E-state index in [1.807, 2.05) is 19.1 Å². The van der Waals surface area contributed by atoms with Gasteiger partial charge in [-0.3, -0.25) is 4.79 Å². The van der Waals surface area contributed by atoms with Gasteiger partial charge in [-0.1, -0.05) is 12.1 Å². The molecule has 1 saturated heterocycles. The highest BCUT2D eigenvalue weighted by Crippen LogP contribution is 2.23. The molecule has 2 aromatic carbocycles. The van der Waals surface area contributed by atoms with Crippen LogP contribution in [0.3, 0.4) is 0 Å². The maximum atomic E-state index is 12.3. The van der Waals surface area contributed by atoms with Gasteiger partial charge in [0.25, 0.3) is 5.91 Å². The lowest BCUT2D eigenvalue weighted by molar-refractivity contribution is 0.102. The zero-order valence-corrected chi connectivity index (χ0v) is 16.3. The van der Waals surface area contributed by atoms with Crippen molar-refractivity contribution in [3.63, 3.8) is 0 Å². The third-order valence-corrected chi connectivity index (χ3v) is 6.69. The van der Waals surface area contributed by atoms with Crippen molar-refractivity contribution in [3.05, 3.63) is 59.7 Å². The Morgan fingerprint density at radius 2 is 1.78 bits per heavy atom.